The number of unbranched alkanes of at least 4 members (excludes halogenated alkanes) is 3. The van der Waals surface area contributed by atoms with E-state index in [4.69, 9.17) is 9.47 Å². The van der Waals surface area contributed by atoms with E-state index >= 15 is 0 Å². The van der Waals surface area contributed by atoms with Crippen molar-refractivity contribution in [3.05, 3.63) is 65.5 Å². The lowest BCUT2D eigenvalue weighted by atomic mass is 9.37. The summed E-state index contributed by atoms with van der Waals surface area (Å²) < 4.78 is 15.3. The topological polar surface area (TPSA) is 147 Å². The third-order valence-electron chi connectivity index (χ3n) is 16.3. The van der Waals surface area contributed by atoms with Crippen LogP contribution in [-0.2, 0) is 27.2 Å². The van der Waals surface area contributed by atoms with Crippen LogP contribution < -0.4 is 4.90 Å². The zero-order valence-corrected chi connectivity index (χ0v) is 35.3. The van der Waals surface area contributed by atoms with Gasteiger partial charge in [-0.05, 0) is 112 Å². The van der Waals surface area contributed by atoms with Gasteiger partial charge in [-0.3, -0.25) is 24.0 Å². The minimum absolute atomic E-state index is 0.00640. The molecule has 3 aromatic rings. The fraction of sp³-hybridized carbons (Fsp3) is 0.646. The molecular weight excluding hydrogens is 759 g/mol. The number of piperidine rings is 1. The van der Waals surface area contributed by atoms with Gasteiger partial charge in [0.15, 0.2) is 12.1 Å². The number of ketones is 1. The number of hydrogen-bond donors (Lipinski definition) is 2. The molecule has 4 aliphatic carbocycles. The lowest BCUT2D eigenvalue weighted by Crippen LogP contribution is -2.78. The maximum atomic E-state index is 14.0. The van der Waals surface area contributed by atoms with Crippen molar-refractivity contribution >= 4 is 34.1 Å². The Balaban J connectivity index is 0.704. The molecule has 0 unspecified atom stereocenters. The van der Waals surface area contributed by atoms with Gasteiger partial charge in [-0.15, -0.1) is 5.10 Å². The number of benzene rings is 2. The van der Waals surface area contributed by atoms with Crippen molar-refractivity contribution < 1.29 is 34.1 Å². The van der Waals surface area contributed by atoms with E-state index in [9.17, 15) is 24.6 Å². The maximum Gasteiger partial charge on any atom is 0.261 e. The highest BCUT2D eigenvalue weighted by molar-refractivity contribution is 6.26. The molecule has 4 saturated carbocycles. The number of ether oxygens (including phenoxy) is 2. The molecule has 4 aliphatic heterocycles. The van der Waals surface area contributed by atoms with Gasteiger partial charge in [0, 0.05) is 83.8 Å². The third kappa shape index (κ3) is 5.93. The van der Waals surface area contributed by atoms with Gasteiger partial charge >= 0.3 is 0 Å². The molecule has 0 radical (unpaired) electrons. The summed E-state index contributed by atoms with van der Waals surface area (Å²) in [7, 11) is 0. The van der Waals surface area contributed by atoms with Crippen LogP contribution in [0.2, 0.25) is 0 Å². The number of Topliss-reactive ketones (excluding diaryl/α,β-unsaturated/α-hetero) is 1. The molecular formula is C48H61N5O7. The minimum Gasteiger partial charge on any atom is -0.393 e. The SMILES string of the molecule is C=C1C(=O)[C@]23[C@H](O)[C@H]1C[C@H](O)[C@H]2[C@]12CCCC(C)(C)[C@H]1C[C@H]3O[C@H]2OCCCCCc1cn(CCCCN2C(=O)c3cccc4c(N5CCCCC5)ccc(c34)C2=O)nn1. The van der Waals surface area contributed by atoms with E-state index in [0.717, 1.165) is 99.5 Å². The maximum absolute atomic E-state index is 14.0. The molecule has 5 heterocycles. The van der Waals surface area contributed by atoms with Crippen LogP contribution in [0.4, 0.5) is 5.69 Å². The number of fused-ring (bicyclic) bond motifs is 2. The summed E-state index contributed by atoms with van der Waals surface area (Å²) in [6.07, 6.45) is 11.8. The molecule has 4 bridgehead atoms. The predicted molar refractivity (Wildman–Crippen MR) is 225 cm³/mol. The van der Waals surface area contributed by atoms with Crippen molar-refractivity contribution in [3.63, 3.8) is 0 Å². The monoisotopic (exact) mass is 819 g/mol. The number of nitrogens with zero attached hydrogens (tertiary/aromatic N) is 5. The third-order valence-corrected chi connectivity index (χ3v) is 16.3. The number of carbonyl (C=O) groups is 3. The summed E-state index contributed by atoms with van der Waals surface area (Å²) in [5, 5.41) is 34.1. The Bertz CT molecular complexity index is 2190. The van der Waals surface area contributed by atoms with Crippen molar-refractivity contribution in [3.8, 4) is 0 Å². The number of rotatable bonds is 13. The van der Waals surface area contributed by atoms with Crippen molar-refractivity contribution in [1.29, 1.82) is 0 Å². The molecule has 2 amide bonds. The van der Waals surface area contributed by atoms with Crippen LogP contribution >= 0.6 is 0 Å². The van der Waals surface area contributed by atoms with Gasteiger partial charge in [0.2, 0.25) is 0 Å². The van der Waals surface area contributed by atoms with Crippen LogP contribution in [0.25, 0.3) is 10.8 Å². The number of amides is 2. The smallest absolute Gasteiger partial charge is 0.261 e. The van der Waals surface area contributed by atoms with E-state index in [1.165, 1.54) is 11.3 Å². The summed E-state index contributed by atoms with van der Waals surface area (Å²) in [6.45, 7) is 12.2. The lowest BCUT2D eigenvalue weighted by molar-refractivity contribution is -0.402. The lowest BCUT2D eigenvalue weighted by Gasteiger charge is -2.72. The highest BCUT2D eigenvalue weighted by atomic mass is 16.7. The number of anilines is 1. The number of aromatic nitrogens is 3. The Morgan fingerprint density at radius 1 is 0.900 bits per heavy atom. The number of aryl methyl sites for hydroxylation is 2. The molecule has 60 heavy (non-hydrogen) atoms. The van der Waals surface area contributed by atoms with Gasteiger partial charge in [-0.25, -0.2) is 0 Å². The van der Waals surface area contributed by atoms with Crippen molar-refractivity contribution in [1.82, 2.24) is 19.9 Å². The molecule has 1 aromatic heterocycles. The number of hydrogen-bond acceptors (Lipinski definition) is 10. The molecule has 9 atom stereocenters. The molecule has 2 aromatic carbocycles. The summed E-state index contributed by atoms with van der Waals surface area (Å²) in [5.41, 5.74) is 2.05. The second kappa shape index (κ2) is 15.1. The molecule has 3 saturated heterocycles. The van der Waals surface area contributed by atoms with Gasteiger partial charge < -0.3 is 24.6 Å². The van der Waals surface area contributed by atoms with E-state index in [-0.39, 0.29) is 28.9 Å². The average Bonchev–Trinajstić information content (AvgIpc) is 3.74. The van der Waals surface area contributed by atoms with Crippen LogP contribution in [0.15, 0.2) is 48.7 Å². The Morgan fingerprint density at radius 3 is 2.50 bits per heavy atom. The van der Waals surface area contributed by atoms with E-state index < -0.39 is 47.3 Å². The van der Waals surface area contributed by atoms with Crippen LogP contribution in [0.1, 0.15) is 124 Å². The minimum atomic E-state index is -1.13. The normalized spacial score (nSPS) is 34.1. The number of carbonyl (C=O) groups excluding carboxylic acids is 3. The fourth-order valence-electron chi connectivity index (χ4n) is 13.7. The fourth-order valence-corrected chi connectivity index (χ4v) is 13.7. The van der Waals surface area contributed by atoms with E-state index in [0.29, 0.717) is 55.7 Å². The number of aliphatic hydroxyl groups excluding tert-OH is 2. The summed E-state index contributed by atoms with van der Waals surface area (Å²) >= 11 is 0. The second-order valence-electron chi connectivity index (χ2n) is 19.9. The zero-order chi connectivity index (χ0) is 41.6. The van der Waals surface area contributed by atoms with Gasteiger partial charge in [0.05, 0.1) is 29.4 Å². The quantitative estimate of drug-likeness (QED) is 0.109. The van der Waals surface area contributed by atoms with Crippen LogP contribution in [0.3, 0.4) is 0 Å². The Labute approximate surface area is 352 Å². The first-order valence-corrected chi connectivity index (χ1v) is 22.9. The number of imide groups is 1. The highest BCUT2D eigenvalue weighted by Gasteiger charge is 2.81. The molecule has 12 heteroatoms. The molecule has 11 rings (SSSR count). The molecule has 12 nitrogen and oxygen atoms in total. The molecule has 8 aliphatic rings. The van der Waals surface area contributed by atoms with Gasteiger partial charge in [-0.2, -0.15) is 0 Å². The van der Waals surface area contributed by atoms with Crippen molar-refractivity contribution in [2.24, 2.45) is 34.0 Å². The standard InChI is InChI=1S/C48H61N5O7/c1-29-34-26-36(54)40-47-20-13-19-46(2,3)37(47)27-38(48(40,41(29)55)42(34)56)60-45(47)59-25-11-4-6-14-30-28-52(50-49-30)23-9-10-24-53-43(57)32-16-12-15-31-35(51-21-7-5-8-22-51)18-17-33(39(31)32)44(53)58/h12,15-18,28,34,36-38,40,42,45,54,56H,1,4-11,13-14,19-27H2,2-3H3/t34-,36-,37+,38+,40-,42+,45+,47-,48+/m0/s1. The van der Waals surface area contributed by atoms with Crippen LogP contribution in [0, 0.1) is 34.0 Å². The Hall–Kier alpha value is -3.97. The van der Waals surface area contributed by atoms with E-state index in [1.54, 1.807) is 0 Å². The summed E-state index contributed by atoms with van der Waals surface area (Å²) in [5.74, 6) is -1.12. The van der Waals surface area contributed by atoms with Crippen LogP contribution in [-0.4, -0.2) is 98.5 Å². The largest absolute Gasteiger partial charge is 0.393 e. The van der Waals surface area contributed by atoms with Gasteiger partial charge in [0.25, 0.3) is 11.8 Å². The number of aliphatic hydroxyl groups is 2. The van der Waals surface area contributed by atoms with Crippen molar-refractivity contribution in [2.75, 3.05) is 31.1 Å². The first-order chi connectivity index (χ1) is 29.0. The summed E-state index contributed by atoms with van der Waals surface area (Å²) in [4.78, 5) is 45.1. The van der Waals surface area contributed by atoms with E-state index in [1.807, 2.05) is 35.1 Å². The second-order valence-corrected chi connectivity index (χ2v) is 19.9. The first-order valence-electron chi connectivity index (χ1n) is 22.9. The molecule has 7 fully saturated rings. The van der Waals surface area contributed by atoms with Crippen LogP contribution in [0.5, 0.6) is 0 Å². The zero-order valence-electron chi connectivity index (χ0n) is 35.3. The predicted octanol–water partition coefficient (Wildman–Crippen LogP) is 6.65. The Kier molecular flexibility index (Phi) is 10.1. The molecule has 2 spiro atoms. The Morgan fingerprint density at radius 2 is 1.68 bits per heavy atom. The van der Waals surface area contributed by atoms with Crippen molar-refractivity contribution in [2.45, 2.75) is 135 Å². The highest BCUT2D eigenvalue weighted by Crippen LogP contribution is 2.75. The molecule has 2 N–H and O–H groups in total. The van der Waals surface area contributed by atoms with E-state index in [2.05, 4.69) is 41.7 Å². The first kappa shape index (κ1) is 40.1. The average molecular weight is 820 g/mol. The van der Waals surface area contributed by atoms with Gasteiger partial charge in [-0.1, -0.05) is 50.6 Å². The van der Waals surface area contributed by atoms with Gasteiger partial charge in [0.1, 0.15) is 0 Å². The summed E-state index contributed by atoms with van der Waals surface area (Å²) in [6, 6.07) is 9.81. The molecule has 320 valence electrons.